The molecule has 0 unspecified atom stereocenters. The third-order valence-corrected chi connectivity index (χ3v) is 4.45. The molecule has 0 aliphatic rings. The third kappa shape index (κ3) is 4.26. The zero-order chi connectivity index (χ0) is 18.5. The van der Waals surface area contributed by atoms with E-state index < -0.39 is 11.7 Å². The van der Waals surface area contributed by atoms with Gasteiger partial charge in [0.25, 0.3) is 5.91 Å². The summed E-state index contributed by atoms with van der Waals surface area (Å²) in [6.07, 6.45) is 3.17. The Hall–Kier alpha value is -2.75. The zero-order valence-corrected chi connectivity index (χ0v) is 15.6. The minimum Gasteiger partial charge on any atom is -0.343 e. The number of amides is 2. The molecular weight excluding hydrogens is 450 g/mol. The van der Waals surface area contributed by atoms with Gasteiger partial charge in [-0.05, 0) is 59.0 Å². The lowest BCUT2D eigenvalue weighted by Crippen LogP contribution is -2.33. The SMILES string of the molecule is O=C(CNC(=O)c1ccccc1I)Nc1ccc(-n2cccn2)c(F)c1. The Morgan fingerprint density at radius 1 is 1.15 bits per heavy atom. The van der Waals surface area contributed by atoms with E-state index in [-0.39, 0.29) is 18.1 Å². The van der Waals surface area contributed by atoms with Crippen LogP contribution in [0.3, 0.4) is 0 Å². The molecule has 0 bridgehead atoms. The highest BCUT2D eigenvalue weighted by molar-refractivity contribution is 14.1. The number of carbonyl (C=O) groups is 2. The van der Waals surface area contributed by atoms with E-state index in [1.165, 1.54) is 16.8 Å². The van der Waals surface area contributed by atoms with Gasteiger partial charge in [0.05, 0.1) is 12.1 Å². The van der Waals surface area contributed by atoms with E-state index in [4.69, 9.17) is 0 Å². The molecular formula is C18H14FIN4O2. The van der Waals surface area contributed by atoms with Gasteiger partial charge in [-0.1, -0.05) is 12.1 Å². The van der Waals surface area contributed by atoms with Crippen LogP contribution in [0, 0.1) is 9.39 Å². The van der Waals surface area contributed by atoms with E-state index in [0.717, 1.165) is 3.57 Å². The first-order valence-electron chi connectivity index (χ1n) is 7.67. The Morgan fingerprint density at radius 3 is 2.65 bits per heavy atom. The quantitative estimate of drug-likeness (QED) is 0.571. The van der Waals surface area contributed by atoms with Crippen molar-refractivity contribution in [1.82, 2.24) is 15.1 Å². The Morgan fingerprint density at radius 2 is 1.96 bits per heavy atom. The number of hydrogen-bond donors (Lipinski definition) is 2. The van der Waals surface area contributed by atoms with Crippen molar-refractivity contribution in [3.05, 3.63) is 75.9 Å². The number of rotatable bonds is 5. The molecule has 3 rings (SSSR count). The van der Waals surface area contributed by atoms with E-state index in [9.17, 15) is 14.0 Å². The van der Waals surface area contributed by atoms with Crippen LogP contribution in [-0.4, -0.2) is 28.1 Å². The predicted molar refractivity (Wildman–Crippen MR) is 104 cm³/mol. The molecule has 0 spiro atoms. The van der Waals surface area contributed by atoms with Gasteiger partial charge >= 0.3 is 0 Å². The summed E-state index contributed by atoms with van der Waals surface area (Å²) in [6, 6.07) is 13.0. The van der Waals surface area contributed by atoms with E-state index >= 15 is 0 Å². The van der Waals surface area contributed by atoms with E-state index in [1.807, 2.05) is 6.07 Å². The fraction of sp³-hybridized carbons (Fsp3) is 0.0556. The van der Waals surface area contributed by atoms with Crippen molar-refractivity contribution in [3.63, 3.8) is 0 Å². The summed E-state index contributed by atoms with van der Waals surface area (Å²) in [7, 11) is 0. The normalized spacial score (nSPS) is 10.4. The minimum absolute atomic E-state index is 0.216. The zero-order valence-electron chi connectivity index (χ0n) is 13.4. The molecule has 0 aliphatic carbocycles. The average Bonchev–Trinajstić information content (AvgIpc) is 3.14. The Balaban J connectivity index is 1.59. The van der Waals surface area contributed by atoms with E-state index in [2.05, 4.69) is 38.3 Å². The van der Waals surface area contributed by atoms with Crippen LogP contribution < -0.4 is 10.6 Å². The second-order valence-corrected chi connectivity index (χ2v) is 6.49. The summed E-state index contributed by atoms with van der Waals surface area (Å²) >= 11 is 2.05. The number of nitrogens with zero attached hydrogens (tertiary/aromatic N) is 2. The third-order valence-electron chi connectivity index (χ3n) is 3.51. The second kappa shape index (κ2) is 8.09. The van der Waals surface area contributed by atoms with E-state index in [0.29, 0.717) is 11.3 Å². The van der Waals surface area contributed by atoms with Crippen LogP contribution >= 0.6 is 22.6 Å². The van der Waals surface area contributed by atoms with Gasteiger partial charge in [-0.15, -0.1) is 0 Å². The highest BCUT2D eigenvalue weighted by atomic mass is 127. The molecule has 2 N–H and O–H groups in total. The van der Waals surface area contributed by atoms with Crippen LogP contribution in [0.5, 0.6) is 0 Å². The van der Waals surface area contributed by atoms with Crippen molar-refractivity contribution in [2.24, 2.45) is 0 Å². The predicted octanol–water partition coefficient (Wildman–Crippen LogP) is 2.98. The van der Waals surface area contributed by atoms with Gasteiger partial charge in [0.15, 0.2) is 5.82 Å². The molecule has 0 fully saturated rings. The monoisotopic (exact) mass is 464 g/mol. The maximum atomic E-state index is 14.2. The maximum Gasteiger partial charge on any atom is 0.252 e. The number of benzene rings is 2. The smallest absolute Gasteiger partial charge is 0.252 e. The van der Waals surface area contributed by atoms with Gasteiger partial charge < -0.3 is 10.6 Å². The molecule has 1 heterocycles. The second-order valence-electron chi connectivity index (χ2n) is 5.33. The van der Waals surface area contributed by atoms with Crippen molar-refractivity contribution >= 4 is 40.1 Å². The number of anilines is 1. The molecule has 8 heteroatoms. The molecule has 0 aliphatic heterocycles. The molecule has 3 aromatic rings. The summed E-state index contributed by atoms with van der Waals surface area (Å²) in [5.41, 5.74) is 1.07. The lowest BCUT2D eigenvalue weighted by molar-refractivity contribution is -0.115. The van der Waals surface area contributed by atoms with Crippen molar-refractivity contribution in [1.29, 1.82) is 0 Å². The average molecular weight is 464 g/mol. The van der Waals surface area contributed by atoms with Crippen molar-refractivity contribution in [2.45, 2.75) is 0 Å². The van der Waals surface area contributed by atoms with Gasteiger partial charge in [0, 0.05) is 21.7 Å². The van der Waals surface area contributed by atoms with Gasteiger partial charge in [-0.2, -0.15) is 5.10 Å². The molecule has 132 valence electrons. The number of aromatic nitrogens is 2. The molecule has 0 atom stereocenters. The summed E-state index contributed by atoms with van der Waals surface area (Å²) in [4.78, 5) is 24.1. The molecule has 0 saturated heterocycles. The van der Waals surface area contributed by atoms with Gasteiger partial charge in [0.1, 0.15) is 5.69 Å². The van der Waals surface area contributed by atoms with Crippen LogP contribution in [0.4, 0.5) is 10.1 Å². The summed E-state index contributed by atoms with van der Waals surface area (Å²) in [5, 5.41) is 9.06. The summed E-state index contributed by atoms with van der Waals surface area (Å²) < 4.78 is 16.3. The lowest BCUT2D eigenvalue weighted by Gasteiger charge is -2.09. The highest BCUT2D eigenvalue weighted by Gasteiger charge is 2.12. The first-order chi connectivity index (χ1) is 12.5. The maximum absolute atomic E-state index is 14.2. The van der Waals surface area contributed by atoms with Crippen molar-refractivity contribution < 1.29 is 14.0 Å². The van der Waals surface area contributed by atoms with Crippen LogP contribution in [0.25, 0.3) is 5.69 Å². The molecule has 0 radical (unpaired) electrons. The number of halogens is 2. The van der Waals surface area contributed by atoms with Crippen molar-refractivity contribution in [2.75, 3.05) is 11.9 Å². The van der Waals surface area contributed by atoms with Crippen LogP contribution in [0.2, 0.25) is 0 Å². The van der Waals surface area contributed by atoms with Crippen molar-refractivity contribution in [3.8, 4) is 5.69 Å². The Labute approximate surface area is 162 Å². The van der Waals surface area contributed by atoms with Crippen LogP contribution in [0.15, 0.2) is 60.9 Å². The Bertz CT molecular complexity index is 944. The van der Waals surface area contributed by atoms with Crippen LogP contribution in [0.1, 0.15) is 10.4 Å². The Kier molecular flexibility index (Phi) is 5.61. The fourth-order valence-electron chi connectivity index (χ4n) is 2.29. The number of hydrogen-bond acceptors (Lipinski definition) is 3. The van der Waals surface area contributed by atoms with Gasteiger partial charge in [-0.3, -0.25) is 9.59 Å². The van der Waals surface area contributed by atoms with Gasteiger partial charge in [-0.25, -0.2) is 9.07 Å². The molecule has 2 aromatic carbocycles. The minimum atomic E-state index is -0.519. The van der Waals surface area contributed by atoms with Gasteiger partial charge in [0.2, 0.25) is 5.91 Å². The standard InChI is InChI=1S/C18H14FIN4O2/c19-14-10-12(6-7-16(14)24-9-3-8-22-24)23-17(25)11-21-18(26)13-4-1-2-5-15(13)20/h1-10H,11H2,(H,21,26)(H,23,25). The number of nitrogens with one attached hydrogen (secondary N) is 2. The molecule has 0 saturated carbocycles. The van der Waals surface area contributed by atoms with E-state index in [1.54, 1.807) is 42.7 Å². The highest BCUT2D eigenvalue weighted by Crippen LogP contribution is 2.17. The molecule has 1 aromatic heterocycles. The largest absolute Gasteiger partial charge is 0.343 e. The first kappa shape index (κ1) is 18.1. The fourth-order valence-corrected chi connectivity index (χ4v) is 2.92. The van der Waals surface area contributed by atoms with Crippen LogP contribution in [-0.2, 0) is 4.79 Å². The molecule has 6 nitrogen and oxygen atoms in total. The lowest BCUT2D eigenvalue weighted by atomic mass is 10.2. The molecule has 2 amide bonds. The summed E-state index contributed by atoms with van der Waals surface area (Å²) in [6.45, 7) is -0.216. The first-order valence-corrected chi connectivity index (χ1v) is 8.74. The summed E-state index contributed by atoms with van der Waals surface area (Å²) in [5.74, 6) is -1.31. The topological polar surface area (TPSA) is 76.0 Å². The molecule has 26 heavy (non-hydrogen) atoms. The number of carbonyl (C=O) groups excluding carboxylic acids is 2.